The highest BCUT2D eigenvalue weighted by molar-refractivity contribution is 5.92. The van der Waals surface area contributed by atoms with Gasteiger partial charge in [0, 0.05) is 6.20 Å². The maximum absolute atomic E-state index is 12.2. The van der Waals surface area contributed by atoms with Gasteiger partial charge < -0.3 is 5.11 Å². The van der Waals surface area contributed by atoms with Gasteiger partial charge in [0.2, 0.25) is 0 Å². The summed E-state index contributed by atoms with van der Waals surface area (Å²) in [5.74, 6) is 0. The normalized spacial score (nSPS) is 13.2. The Morgan fingerprint density at radius 2 is 2.28 bits per heavy atom. The van der Waals surface area contributed by atoms with Crippen molar-refractivity contribution in [3.63, 3.8) is 0 Å². The molecule has 0 aliphatic rings. The molecule has 18 heavy (non-hydrogen) atoms. The van der Waals surface area contributed by atoms with Crippen molar-refractivity contribution in [3.05, 3.63) is 40.9 Å². The van der Waals surface area contributed by atoms with Crippen LogP contribution in [0.3, 0.4) is 0 Å². The van der Waals surface area contributed by atoms with Crippen molar-refractivity contribution in [2.24, 2.45) is 0 Å². The summed E-state index contributed by atoms with van der Waals surface area (Å²) in [4.78, 5) is 12.2. The zero-order valence-corrected chi connectivity index (χ0v) is 9.82. The fraction of sp³-hybridized carbons (Fsp3) is 0.250. The highest BCUT2D eigenvalue weighted by atomic mass is 16.3. The zero-order valence-electron chi connectivity index (χ0n) is 9.82. The standard InChI is InChI=1S/C12H12N4O2/c1-8(7-17)16-12(18)11-9(6-13-16)10-4-2-3-5-15(10)14-11/h2-6,8,17H,7H2,1H3. The monoisotopic (exact) mass is 244 g/mol. The van der Waals surface area contributed by atoms with Crippen LogP contribution in [0, 0.1) is 0 Å². The van der Waals surface area contributed by atoms with E-state index in [1.165, 1.54) is 4.68 Å². The van der Waals surface area contributed by atoms with E-state index in [0.29, 0.717) is 5.52 Å². The predicted octanol–water partition coefficient (Wildman–Crippen LogP) is 0.597. The van der Waals surface area contributed by atoms with Gasteiger partial charge in [-0.15, -0.1) is 0 Å². The van der Waals surface area contributed by atoms with Crippen LogP contribution in [0.4, 0.5) is 0 Å². The predicted molar refractivity (Wildman–Crippen MR) is 66.5 cm³/mol. The van der Waals surface area contributed by atoms with Crippen molar-refractivity contribution in [2.45, 2.75) is 13.0 Å². The second kappa shape index (κ2) is 3.92. The largest absolute Gasteiger partial charge is 0.394 e. The summed E-state index contributed by atoms with van der Waals surface area (Å²) in [5.41, 5.74) is 0.940. The van der Waals surface area contributed by atoms with Gasteiger partial charge in [-0.3, -0.25) is 4.79 Å². The lowest BCUT2D eigenvalue weighted by Gasteiger charge is -2.09. The first kappa shape index (κ1) is 10.9. The van der Waals surface area contributed by atoms with Gasteiger partial charge in [-0.1, -0.05) is 6.07 Å². The molecule has 0 aromatic carbocycles. The summed E-state index contributed by atoms with van der Waals surface area (Å²) in [6, 6.07) is 5.27. The van der Waals surface area contributed by atoms with E-state index in [4.69, 9.17) is 5.11 Å². The van der Waals surface area contributed by atoms with E-state index in [9.17, 15) is 4.79 Å². The molecule has 3 aromatic heterocycles. The molecule has 0 radical (unpaired) electrons. The van der Waals surface area contributed by atoms with E-state index < -0.39 is 0 Å². The lowest BCUT2D eigenvalue weighted by atomic mass is 10.3. The highest BCUT2D eigenvalue weighted by Gasteiger charge is 2.13. The summed E-state index contributed by atoms with van der Waals surface area (Å²) in [6.07, 6.45) is 3.40. The Morgan fingerprint density at radius 1 is 1.44 bits per heavy atom. The number of nitrogens with zero attached hydrogens (tertiary/aromatic N) is 4. The Bertz CT molecular complexity index is 774. The number of rotatable bonds is 2. The SMILES string of the molecule is CC(CO)n1ncc2c(nn3ccccc23)c1=O. The average molecular weight is 244 g/mol. The quantitative estimate of drug-likeness (QED) is 0.716. The topological polar surface area (TPSA) is 72.4 Å². The van der Waals surface area contributed by atoms with Crippen molar-refractivity contribution < 1.29 is 5.11 Å². The third kappa shape index (κ3) is 1.42. The third-order valence-electron chi connectivity index (χ3n) is 2.98. The number of hydrogen-bond donors (Lipinski definition) is 1. The Morgan fingerprint density at radius 3 is 3.06 bits per heavy atom. The van der Waals surface area contributed by atoms with E-state index in [1.807, 2.05) is 18.2 Å². The smallest absolute Gasteiger partial charge is 0.295 e. The molecule has 6 nitrogen and oxygen atoms in total. The van der Waals surface area contributed by atoms with Crippen molar-refractivity contribution in [3.8, 4) is 0 Å². The molecular formula is C12H12N4O2. The first-order valence-corrected chi connectivity index (χ1v) is 5.68. The number of aromatic nitrogens is 4. The summed E-state index contributed by atoms with van der Waals surface area (Å²) in [6.45, 7) is 1.60. The van der Waals surface area contributed by atoms with Gasteiger partial charge in [0.1, 0.15) is 0 Å². The van der Waals surface area contributed by atoms with E-state index in [1.54, 1.807) is 23.8 Å². The zero-order chi connectivity index (χ0) is 12.7. The number of pyridine rings is 1. The van der Waals surface area contributed by atoms with Crippen molar-refractivity contribution >= 4 is 16.4 Å². The Kier molecular flexibility index (Phi) is 2.38. The molecule has 0 saturated heterocycles. The Balaban J connectivity index is 2.39. The molecule has 0 saturated carbocycles. The average Bonchev–Trinajstić information content (AvgIpc) is 2.78. The molecule has 92 valence electrons. The van der Waals surface area contributed by atoms with Crippen LogP contribution in [0.25, 0.3) is 16.4 Å². The number of aliphatic hydroxyl groups is 1. The fourth-order valence-corrected chi connectivity index (χ4v) is 1.98. The summed E-state index contributed by atoms with van der Waals surface area (Å²) in [7, 11) is 0. The lowest BCUT2D eigenvalue weighted by Crippen LogP contribution is -2.27. The summed E-state index contributed by atoms with van der Waals surface area (Å²) >= 11 is 0. The lowest BCUT2D eigenvalue weighted by molar-refractivity contribution is 0.226. The molecule has 3 aromatic rings. The molecule has 0 amide bonds. The van der Waals surface area contributed by atoms with Crippen LogP contribution in [-0.4, -0.2) is 31.1 Å². The van der Waals surface area contributed by atoms with Gasteiger partial charge in [0.05, 0.1) is 29.7 Å². The highest BCUT2D eigenvalue weighted by Crippen LogP contribution is 2.15. The molecule has 1 N–H and O–H groups in total. The van der Waals surface area contributed by atoms with E-state index in [2.05, 4.69) is 10.2 Å². The van der Waals surface area contributed by atoms with Gasteiger partial charge in [0.15, 0.2) is 5.52 Å². The molecule has 3 heterocycles. The van der Waals surface area contributed by atoms with Crippen LogP contribution < -0.4 is 5.56 Å². The van der Waals surface area contributed by atoms with Gasteiger partial charge in [-0.25, -0.2) is 9.20 Å². The molecule has 0 spiro atoms. The minimum absolute atomic E-state index is 0.133. The van der Waals surface area contributed by atoms with Crippen LogP contribution in [0.2, 0.25) is 0 Å². The molecule has 0 aliphatic heterocycles. The molecule has 1 atom stereocenters. The molecule has 0 aliphatic carbocycles. The molecule has 0 fully saturated rings. The molecule has 1 unspecified atom stereocenters. The molecular weight excluding hydrogens is 232 g/mol. The van der Waals surface area contributed by atoms with Crippen LogP contribution in [0.5, 0.6) is 0 Å². The van der Waals surface area contributed by atoms with Crippen LogP contribution in [0.15, 0.2) is 35.4 Å². The minimum atomic E-state index is -0.355. The summed E-state index contributed by atoms with van der Waals surface area (Å²) < 4.78 is 2.91. The van der Waals surface area contributed by atoms with Crippen molar-refractivity contribution in [2.75, 3.05) is 6.61 Å². The van der Waals surface area contributed by atoms with E-state index >= 15 is 0 Å². The first-order chi connectivity index (χ1) is 8.72. The van der Waals surface area contributed by atoms with E-state index in [0.717, 1.165) is 10.9 Å². The van der Waals surface area contributed by atoms with Crippen molar-refractivity contribution in [1.82, 2.24) is 19.4 Å². The van der Waals surface area contributed by atoms with Crippen molar-refractivity contribution in [1.29, 1.82) is 0 Å². The first-order valence-electron chi connectivity index (χ1n) is 5.68. The van der Waals surface area contributed by atoms with E-state index in [-0.39, 0.29) is 18.2 Å². The molecule has 6 heteroatoms. The molecule has 3 rings (SSSR count). The van der Waals surface area contributed by atoms with Crippen LogP contribution >= 0.6 is 0 Å². The number of aliphatic hydroxyl groups excluding tert-OH is 1. The third-order valence-corrected chi connectivity index (χ3v) is 2.98. The maximum atomic E-state index is 12.2. The molecule has 0 bridgehead atoms. The van der Waals surface area contributed by atoms with Gasteiger partial charge in [-0.2, -0.15) is 10.2 Å². The van der Waals surface area contributed by atoms with Gasteiger partial charge in [-0.05, 0) is 19.1 Å². The van der Waals surface area contributed by atoms with Crippen LogP contribution in [-0.2, 0) is 0 Å². The Hall–Kier alpha value is -2.21. The minimum Gasteiger partial charge on any atom is -0.394 e. The van der Waals surface area contributed by atoms with Gasteiger partial charge in [0.25, 0.3) is 5.56 Å². The number of fused-ring (bicyclic) bond motifs is 3. The second-order valence-electron chi connectivity index (χ2n) is 4.22. The second-order valence-corrected chi connectivity index (χ2v) is 4.22. The maximum Gasteiger partial charge on any atom is 0.295 e. The number of hydrogen-bond acceptors (Lipinski definition) is 4. The summed E-state index contributed by atoms with van der Waals surface area (Å²) in [5, 5.41) is 18.2. The fourth-order valence-electron chi connectivity index (χ4n) is 1.98. The van der Waals surface area contributed by atoms with Crippen LogP contribution in [0.1, 0.15) is 13.0 Å². The van der Waals surface area contributed by atoms with Gasteiger partial charge >= 0.3 is 0 Å². The Labute approximate surface area is 102 Å².